The zero-order valence-electron chi connectivity index (χ0n) is 11.0. The van der Waals surface area contributed by atoms with Crippen LogP contribution in [0.4, 0.5) is 4.39 Å². The van der Waals surface area contributed by atoms with Crippen molar-refractivity contribution in [3.63, 3.8) is 0 Å². The van der Waals surface area contributed by atoms with Gasteiger partial charge in [0, 0.05) is 12.1 Å². The van der Waals surface area contributed by atoms with E-state index in [4.69, 9.17) is 4.74 Å². The van der Waals surface area contributed by atoms with Crippen LogP contribution in [0.2, 0.25) is 0 Å². The van der Waals surface area contributed by atoms with E-state index in [-0.39, 0.29) is 18.0 Å². The van der Waals surface area contributed by atoms with Crippen LogP contribution in [-0.2, 0) is 11.2 Å². The molecule has 0 fully saturated rings. The number of ether oxygens (including phenoxy) is 1. The van der Waals surface area contributed by atoms with Crippen molar-refractivity contribution in [2.24, 2.45) is 0 Å². The Bertz CT molecular complexity index is 662. The average Bonchev–Trinajstić information content (AvgIpc) is 2.41. The first-order chi connectivity index (χ1) is 9.56. The van der Waals surface area contributed by atoms with Gasteiger partial charge in [-0.05, 0) is 36.8 Å². The molecule has 0 radical (unpaired) electrons. The molecular weight excluding hydrogens is 261 g/mol. The molecule has 1 aromatic heterocycles. The number of aromatic nitrogens is 1. The fourth-order valence-corrected chi connectivity index (χ4v) is 1.72. The standard InChI is InChI=1S/C15H14FNO3/c1-10-2-7-13(14(18)17-10)15(19)20-9-8-11-3-5-12(16)6-4-11/h2-7H,8-9H2,1H3,(H,17,18). The number of esters is 1. The van der Waals surface area contributed by atoms with Crippen molar-refractivity contribution < 1.29 is 13.9 Å². The predicted molar refractivity (Wildman–Crippen MR) is 72.2 cm³/mol. The Morgan fingerprint density at radius 3 is 2.55 bits per heavy atom. The van der Waals surface area contributed by atoms with E-state index in [1.54, 1.807) is 25.1 Å². The van der Waals surface area contributed by atoms with Crippen molar-refractivity contribution >= 4 is 5.97 Å². The third-order valence-electron chi connectivity index (χ3n) is 2.81. The Kier molecular flexibility index (Phi) is 4.30. The molecule has 0 atom stereocenters. The van der Waals surface area contributed by atoms with E-state index >= 15 is 0 Å². The lowest BCUT2D eigenvalue weighted by Crippen LogP contribution is -2.20. The summed E-state index contributed by atoms with van der Waals surface area (Å²) in [5, 5.41) is 0. The van der Waals surface area contributed by atoms with Gasteiger partial charge >= 0.3 is 5.97 Å². The molecule has 0 unspecified atom stereocenters. The Labute approximate surface area is 115 Å². The third-order valence-corrected chi connectivity index (χ3v) is 2.81. The first-order valence-electron chi connectivity index (χ1n) is 6.18. The summed E-state index contributed by atoms with van der Waals surface area (Å²) >= 11 is 0. The van der Waals surface area contributed by atoms with E-state index in [1.807, 2.05) is 0 Å². The van der Waals surface area contributed by atoms with Gasteiger partial charge in [0.25, 0.3) is 5.56 Å². The number of carbonyl (C=O) groups is 1. The maximum absolute atomic E-state index is 12.7. The van der Waals surface area contributed by atoms with Crippen molar-refractivity contribution in [3.8, 4) is 0 Å². The summed E-state index contributed by atoms with van der Waals surface area (Å²) in [5.74, 6) is -0.967. The number of hydrogen-bond donors (Lipinski definition) is 1. The molecule has 5 heteroatoms. The van der Waals surface area contributed by atoms with E-state index in [0.717, 1.165) is 5.56 Å². The Morgan fingerprint density at radius 2 is 1.90 bits per heavy atom. The summed E-state index contributed by atoms with van der Waals surface area (Å²) < 4.78 is 17.7. The maximum Gasteiger partial charge on any atom is 0.343 e. The Hall–Kier alpha value is -2.43. The summed E-state index contributed by atoms with van der Waals surface area (Å²) in [6.07, 6.45) is 0.468. The fraction of sp³-hybridized carbons (Fsp3) is 0.200. The van der Waals surface area contributed by atoms with E-state index in [0.29, 0.717) is 12.1 Å². The number of rotatable bonds is 4. The molecule has 20 heavy (non-hydrogen) atoms. The highest BCUT2D eigenvalue weighted by molar-refractivity contribution is 5.88. The van der Waals surface area contributed by atoms with Gasteiger partial charge in [-0.2, -0.15) is 0 Å². The summed E-state index contributed by atoms with van der Waals surface area (Å²) in [6, 6.07) is 9.03. The minimum atomic E-state index is -0.659. The third kappa shape index (κ3) is 3.54. The fourth-order valence-electron chi connectivity index (χ4n) is 1.72. The van der Waals surface area contributed by atoms with Crippen LogP contribution in [0.5, 0.6) is 0 Å². The SMILES string of the molecule is Cc1ccc(C(=O)OCCc2ccc(F)cc2)c(=O)[nH]1. The minimum absolute atomic E-state index is 0.0188. The van der Waals surface area contributed by atoms with Crippen molar-refractivity contribution in [2.75, 3.05) is 6.61 Å². The second kappa shape index (κ2) is 6.14. The van der Waals surface area contributed by atoms with Crippen molar-refractivity contribution in [2.45, 2.75) is 13.3 Å². The highest BCUT2D eigenvalue weighted by atomic mass is 19.1. The number of nitrogens with one attached hydrogen (secondary N) is 1. The van der Waals surface area contributed by atoms with Gasteiger partial charge in [-0.25, -0.2) is 9.18 Å². The zero-order valence-corrected chi connectivity index (χ0v) is 11.0. The summed E-state index contributed by atoms with van der Waals surface area (Å²) in [4.78, 5) is 25.8. The number of halogens is 1. The predicted octanol–water partition coefficient (Wildman–Crippen LogP) is 2.22. The molecule has 0 saturated carbocycles. The molecule has 2 aromatic rings. The number of pyridine rings is 1. The van der Waals surface area contributed by atoms with Crippen molar-refractivity contribution in [1.29, 1.82) is 0 Å². The lowest BCUT2D eigenvalue weighted by molar-refractivity contribution is 0.0507. The largest absolute Gasteiger partial charge is 0.462 e. The van der Waals surface area contributed by atoms with E-state index in [2.05, 4.69) is 4.98 Å². The first kappa shape index (κ1) is 14.0. The molecule has 1 heterocycles. The molecule has 0 amide bonds. The van der Waals surface area contributed by atoms with Crippen LogP contribution in [-0.4, -0.2) is 17.6 Å². The van der Waals surface area contributed by atoms with Gasteiger partial charge in [0.2, 0.25) is 0 Å². The molecule has 0 aliphatic rings. The second-order valence-corrected chi connectivity index (χ2v) is 4.40. The Balaban J connectivity index is 1.92. The molecule has 0 saturated heterocycles. The highest BCUT2D eigenvalue weighted by Crippen LogP contribution is 2.04. The molecule has 1 N–H and O–H groups in total. The number of carbonyl (C=O) groups excluding carboxylic acids is 1. The number of H-pyrrole nitrogens is 1. The van der Waals surface area contributed by atoms with Crippen LogP contribution < -0.4 is 5.56 Å². The van der Waals surface area contributed by atoms with Gasteiger partial charge in [0.1, 0.15) is 11.4 Å². The molecular formula is C15H14FNO3. The molecule has 0 aliphatic carbocycles. The summed E-state index contributed by atoms with van der Waals surface area (Å²) in [6.45, 7) is 1.86. The van der Waals surface area contributed by atoms with Crippen LogP contribution in [0.1, 0.15) is 21.6 Å². The van der Waals surface area contributed by atoms with Crippen LogP contribution in [0.25, 0.3) is 0 Å². The minimum Gasteiger partial charge on any atom is -0.462 e. The molecule has 0 aliphatic heterocycles. The zero-order chi connectivity index (χ0) is 14.5. The van der Waals surface area contributed by atoms with Gasteiger partial charge in [-0.15, -0.1) is 0 Å². The normalized spacial score (nSPS) is 10.3. The maximum atomic E-state index is 12.7. The number of hydrogen-bond acceptors (Lipinski definition) is 3. The highest BCUT2D eigenvalue weighted by Gasteiger charge is 2.11. The topological polar surface area (TPSA) is 59.2 Å². The number of aryl methyl sites for hydroxylation is 1. The lowest BCUT2D eigenvalue weighted by Gasteiger charge is -2.05. The van der Waals surface area contributed by atoms with Gasteiger partial charge in [-0.1, -0.05) is 12.1 Å². The van der Waals surface area contributed by atoms with Gasteiger partial charge in [-0.3, -0.25) is 4.79 Å². The van der Waals surface area contributed by atoms with Crippen molar-refractivity contribution in [1.82, 2.24) is 4.98 Å². The van der Waals surface area contributed by atoms with Crippen LogP contribution in [0.15, 0.2) is 41.2 Å². The number of aromatic amines is 1. The average molecular weight is 275 g/mol. The molecule has 4 nitrogen and oxygen atoms in total. The lowest BCUT2D eigenvalue weighted by atomic mass is 10.1. The molecule has 0 bridgehead atoms. The number of benzene rings is 1. The van der Waals surface area contributed by atoms with Crippen molar-refractivity contribution in [3.05, 3.63) is 69.4 Å². The van der Waals surface area contributed by atoms with Gasteiger partial charge in [0.15, 0.2) is 0 Å². The first-order valence-corrected chi connectivity index (χ1v) is 6.18. The van der Waals surface area contributed by atoms with Gasteiger partial charge < -0.3 is 9.72 Å². The molecule has 0 spiro atoms. The summed E-state index contributed by atoms with van der Waals surface area (Å²) in [7, 11) is 0. The van der Waals surface area contributed by atoms with Gasteiger partial charge in [0.05, 0.1) is 6.61 Å². The van der Waals surface area contributed by atoms with E-state index < -0.39 is 11.5 Å². The smallest absolute Gasteiger partial charge is 0.343 e. The molecule has 1 aromatic carbocycles. The van der Waals surface area contributed by atoms with E-state index in [1.165, 1.54) is 18.2 Å². The van der Waals surface area contributed by atoms with Crippen LogP contribution >= 0.6 is 0 Å². The monoisotopic (exact) mass is 275 g/mol. The summed E-state index contributed by atoms with van der Waals surface area (Å²) in [5.41, 5.74) is 1.06. The second-order valence-electron chi connectivity index (χ2n) is 4.40. The molecule has 104 valence electrons. The molecule has 2 rings (SSSR count). The van der Waals surface area contributed by atoms with Crippen LogP contribution in [0.3, 0.4) is 0 Å². The Morgan fingerprint density at radius 1 is 1.20 bits per heavy atom. The van der Waals surface area contributed by atoms with Crippen LogP contribution in [0, 0.1) is 12.7 Å². The quantitative estimate of drug-likeness (QED) is 0.870. The van der Waals surface area contributed by atoms with E-state index in [9.17, 15) is 14.0 Å².